The molecule has 5 rings (SSSR count). The summed E-state index contributed by atoms with van der Waals surface area (Å²) in [4.78, 5) is 18.1. The number of hydrogen-bond acceptors (Lipinski definition) is 6. The molecule has 1 aliphatic rings. The van der Waals surface area contributed by atoms with Crippen LogP contribution < -0.4 is 19.7 Å². The number of sulfonamides is 1. The summed E-state index contributed by atoms with van der Waals surface area (Å²) in [6.45, 7) is 0. The lowest BCUT2D eigenvalue weighted by molar-refractivity contribution is 0.0697. The second-order valence-electron chi connectivity index (χ2n) is 8.91. The fraction of sp³-hybridized carbons (Fsp3) is 0.148. The monoisotopic (exact) mass is 563 g/mol. The van der Waals surface area contributed by atoms with Gasteiger partial charge in [0.25, 0.3) is 0 Å². The summed E-state index contributed by atoms with van der Waals surface area (Å²) in [5.41, 5.74) is 3.41. The Balaban J connectivity index is 1.65. The first-order valence-electron chi connectivity index (χ1n) is 11.8. The molecule has 3 N–H and O–H groups in total. The lowest BCUT2D eigenvalue weighted by Gasteiger charge is -2.29. The van der Waals surface area contributed by atoms with Gasteiger partial charge in [-0.2, -0.15) is 0 Å². The van der Waals surface area contributed by atoms with E-state index in [-0.39, 0.29) is 11.6 Å². The van der Waals surface area contributed by atoms with E-state index >= 15 is 0 Å². The quantitative estimate of drug-likeness (QED) is 0.271. The van der Waals surface area contributed by atoms with Crippen molar-refractivity contribution in [1.82, 2.24) is 14.9 Å². The number of nitrogens with zero attached hydrogens (tertiary/aromatic N) is 3. The van der Waals surface area contributed by atoms with Gasteiger partial charge < -0.3 is 24.6 Å². The van der Waals surface area contributed by atoms with Crippen LogP contribution in [0.15, 0.2) is 85.2 Å². The van der Waals surface area contributed by atoms with Crippen molar-refractivity contribution in [3.05, 3.63) is 102 Å². The van der Waals surface area contributed by atoms with E-state index in [2.05, 4.69) is 15.0 Å². The minimum absolute atomic E-state index is 0.170. The molecule has 10 nitrogen and oxygen atoms in total. The molecule has 0 saturated carbocycles. The highest BCUT2D eigenvalue weighted by Crippen LogP contribution is 2.44. The van der Waals surface area contributed by atoms with Crippen LogP contribution >= 0.6 is 12.2 Å². The first-order valence-corrected chi connectivity index (χ1v) is 14.1. The molecule has 2 aromatic heterocycles. The van der Waals surface area contributed by atoms with Crippen LogP contribution in [0.2, 0.25) is 0 Å². The van der Waals surface area contributed by atoms with E-state index in [1.807, 2.05) is 52.1 Å². The first kappa shape index (κ1) is 26.2. The number of carboxylic acids is 1. The van der Waals surface area contributed by atoms with Gasteiger partial charge in [0.15, 0.2) is 5.11 Å². The zero-order chi connectivity index (χ0) is 27.7. The molecule has 2 aromatic carbocycles. The maximum atomic E-state index is 11.9. The van der Waals surface area contributed by atoms with E-state index in [0.717, 1.165) is 17.6 Å². The van der Waals surface area contributed by atoms with Crippen molar-refractivity contribution >= 4 is 44.7 Å². The van der Waals surface area contributed by atoms with Crippen molar-refractivity contribution < 1.29 is 23.1 Å². The number of carboxylic acid groups (broad SMARTS) is 1. The van der Waals surface area contributed by atoms with E-state index in [4.69, 9.17) is 17.0 Å². The van der Waals surface area contributed by atoms with Crippen LogP contribution in [-0.2, 0) is 10.0 Å². The van der Waals surface area contributed by atoms with Gasteiger partial charge in [-0.15, -0.1) is 0 Å². The minimum Gasteiger partial charge on any atom is -0.494 e. The Morgan fingerprint density at radius 2 is 1.90 bits per heavy atom. The molecule has 1 saturated heterocycles. The number of rotatable bonds is 8. The third kappa shape index (κ3) is 5.29. The van der Waals surface area contributed by atoms with Gasteiger partial charge in [-0.3, -0.25) is 9.71 Å². The van der Waals surface area contributed by atoms with Gasteiger partial charge in [-0.1, -0.05) is 12.1 Å². The van der Waals surface area contributed by atoms with Crippen molar-refractivity contribution in [1.29, 1.82) is 0 Å². The number of nitrogens with one attached hydrogen (secondary N) is 2. The van der Waals surface area contributed by atoms with Gasteiger partial charge in [-0.25, -0.2) is 13.2 Å². The lowest BCUT2D eigenvalue weighted by atomic mass is 10.0. The molecular weight excluding hydrogens is 538 g/mol. The number of benzene rings is 2. The van der Waals surface area contributed by atoms with E-state index in [0.29, 0.717) is 27.9 Å². The summed E-state index contributed by atoms with van der Waals surface area (Å²) in [7, 11) is -2.06. The van der Waals surface area contributed by atoms with Crippen LogP contribution in [0.5, 0.6) is 5.75 Å². The molecule has 1 aliphatic heterocycles. The number of methoxy groups -OCH3 is 1. The summed E-state index contributed by atoms with van der Waals surface area (Å²) >= 11 is 5.81. The van der Waals surface area contributed by atoms with Gasteiger partial charge >= 0.3 is 5.97 Å². The number of pyridine rings is 1. The smallest absolute Gasteiger partial charge is 0.335 e. The number of aromatic nitrogens is 2. The van der Waals surface area contributed by atoms with Crippen LogP contribution in [0, 0.1) is 0 Å². The molecule has 0 radical (unpaired) electrons. The molecule has 0 unspecified atom stereocenters. The molecule has 0 aliphatic carbocycles. The van der Waals surface area contributed by atoms with Gasteiger partial charge in [0.1, 0.15) is 11.8 Å². The molecule has 0 spiro atoms. The van der Waals surface area contributed by atoms with Crippen molar-refractivity contribution in [3.8, 4) is 11.4 Å². The van der Waals surface area contributed by atoms with Gasteiger partial charge in [0, 0.05) is 35.5 Å². The Morgan fingerprint density at radius 1 is 1.08 bits per heavy atom. The minimum atomic E-state index is -3.52. The number of thiocarbonyl (C=S) groups is 1. The zero-order valence-corrected chi connectivity index (χ0v) is 22.6. The predicted octanol–water partition coefficient (Wildman–Crippen LogP) is 4.13. The van der Waals surface area contributed by atoms with E-state index < -0.39 is 22.0 Å². The highest BCUT2D eigenvalue weighted by Gasteiger charge is 2.42. The number of anilines is 2. The molecular formula is C27H25N5O5S2. The molecule has 2 atom stereocenters. The zero-order valence-electron chi connectivity index (χ0n) is 21.0. The maximum Gasteiger partial charge on any atom is 0.335 e. The molecule has 4 aromatic rings. The molecule has 1 fully saturated rings. The topological polar surface area (TPSA) is 126 Å². The molecule has 0 amide bonds. The van der Waals surface area contributed by atoms with E-state index in [9.17, 15) is 18.3 Å². The third-order valence-corrected chi connectivity index (χ3v) is 7.22. The largest absolute Gasteiger partial charge is 0.494 e. The van der Waals surface area contributed by atoms with Crippen molar-refractivity contribution in [3.63, 3.8) is 0 Å². The van der Waals surface area contributed by atoms with Crippen LogP contribution in [-0.4, -0.2) is 47.5 Å². The third-order valence-electron chi connectivity index (χ3n) is 6.31. The second kappa shape index (κ2) is 10.4. The number of aromatic carboxylic acids is 1. The fourth-order valence-electron chi connectivity index (χ4n) is 4.71. The highest BCUT2D eigenvalue weighted by molar-refractivity contribution is 7.92. The van der Waals surface area contributed by atoms with Gasteiger partial charge in [-0.05, 0) is 66.8 Å². The summed E-state index contributed by atoms with van der Waals surface area (Å²) < 4.78 is 33.6. The van der Waals surface area contributed by atoms with Crippen LogP contribution in [0.3, 0.4) is 0 Å². The van der Waals surface area contributed by atoms with E-state index in [1.165, 1.54) is 7.11 Å². The molecule has 12 heteroatoms. The van der Waals surface area contributed by atoms with Gasteiger partial charge in [0.2, 0.25) is 10.0 Å². The van der Waals surface area contributed by atoms with Crippen LogP contribution in [0.4, 0.5) is 11.4 Å². The number of carbonyl (C=O) groups is 1. The normalized spacial score (nSPS) is 17.1. The Hall–Kier alpha value is -4.42. The maximum absolute atomic E-state index is 11.9. The number of ether oxygens (including phenoxy) is 1. The van der Waals surface area contributed by atoms with Crippen LogP contribution in [0.1, 0.15) is 33.8 Å². The summed E-state index contributed by atoms with van der Waals surface area (Å²) in [5.74, 6) is -0.692. The SMILES string of the molecule is COc1cc(N2C(=S)N[C@@H](c3ccccn3)[C@H]2c2cccn2-c2cccc(C(=O)O)c2)ccc1NS(C)(=O)=O. The van der Waals surface area contributed by atoms with E-state index in [1.54, 1.807) is 42.6 Å². The lowest BCUT2D eigenvalue weighted by Crippen LogP contribution is -2.30. The van der Waals surface area contributed by atoms with Gasteiger partial charge in [0.05, 0.1) is 36.4 Å². The Labute approximate surface area is 230 Å². The predicted molar refractivity (Wildman–Crippen MR) is 152 cm³/mol. The standard InChI is InChI=1S/C27H25N5O5S2/c1-37-23-16-19(11-12-20(23)30-39(2,35)36)32-25(24(29-27(32)38)21-9-3-4-13-28-21)22-10-6-14-31(22)18-8-5-7-17(15-18)26(33)34/h3-16,24-25,30H,1-2H3,(H,29,38)(H,33,34)/t24-,25+/m0/s1. The number of hydrogen-bond donors (Lipinski definition) is 3. The fourth-order valence-corrected chi connectivity index (χ4v) is 5.62. The Bertz CT molecular complexity index is 1660. The molecule has 200 valence electrons. The van der Waals surface area contributed by atoms with Crippen molar-refractivity contribution in [2.75, 3.05) is 23.0 Å². The molecule has 3 heterocycles. The average molecular weight is 564 g/mol. The summed E-state index contributed by atoms with van der Waals surface area (Å²) in [6, 6.07) is 20.5. The van der Waals surface area contributed by atoms with Crippen LogP contribution in [0.25, 0.3) is 5.69 Å². The second-order valence-corrected chi connectivity index (χ2v) is 11.0. The molecule has 39 heavy (non-hydrogen) atoms. The molecule has 0 bridgehead atoms. The summed E-state index contributed by atoms with van der Waals surface area (Å²) in [5, 5.41) is 13.4. The highest BCUT2D eigenvalue weighted by atomic mass is 32.2. The Morgan fingerprint density at radius 3 is 2.59 bits per heavy atom. The van der Waals surface area contributed by atoms with Crippen molar-refractivity contribution in [2.45, 2.75) is 12.1 Å². The average Bonchev–Trinajstić information content (AvgIpc) is 3.53. The summed E-state index contributed by atoms with van der Waals surface area (Å²) in [6.07, 6.45) is 4.65. The van der Waals surface area contributed by atoms with Crippen molar-refractivity contribution in [2.24, 2.45) is 0 Å². The first-order chi connectivity index (χ1) is 18.7. The Kier molecular flexibility index (Phi) is 6.98.